The van der Waals surface area contributed by atoms with Gasteiger partial charge in [0.05, 0.1) is 19.9 Å². The second-order valence-corrected chi connectivity index (χ2v) is 10.7. The number of carboxylic acid groups (broad SMARTS) is 1. The van der Waals surface area contributed by atoms with Crippen LogP contribution >= 0.6 is 0 Å². The highest BCUT2D eigenvalue weighted by atomic mass is 16.5. The number of nitrogens with zero attached hydrogens (tertiary/aromatic N) is 3. The maximum atomic E-state index is 13.6. The number of hydrogen-bond acceptors (Lipinski definition) is 6. The second-order valence-electron chi connectivity index (χ2n) is 10.7. The largest absolute Gasteiger partial charge is 0.496 e. The number of carboxylic acids is 1. The van der Waals surface area contributed by atoms with Crippen LogP contribution in [0.3, 0.4) is 0 Å². The number of aryl methyl sites for hydroxylation is 1. The molecule has 9 heteroatoms. The monoisotopic (exact) mass is 556 g/mol. The first kappa shape index (κ1) is 28.1. The minimum atomic E-state index is -1.04. The normalized spacial score (nSPS) is 14.5. The molecule has 2 aromatic carbocycles. The third-order valence-electron chi connectivity index (χ3n) is 8.02. The second kappa shape index (κ2) is 12.0. The maximum absolute atomic E-state index is 13.6. The van der Waals surface area contributed by atoms with E-state index < -0.39 is 17.9 Å². The molecule has 2 heterocycles. The molecule has 0 aliphatic heterocycles. The Balaban J connectivity index is 1.56. The van der Waals surface area contributed by atoms with Gasteiger partial charge in [0.15, 0.2) is 0 Å². The van der Waals surface area contributed by atoms with Crippen molar-refractivity contribution < 1.29 is 24.2 Å². The number of hydrogen-bond donors (Lipinski definition) is 2. The molecule has 1 atom stereocenters. The number of nitrogens with one attached hydrogen (secondary N) is 1. The Morgan fingerprint density at radius 1 is 1.07 bits per heavy atom. The van der Waals surface area contributed by atoms with Gasteiger partial charge in [0.25, 0.3) is 5.91 Å². The molecule has 0 bridgehead atoms. The number of ether oxygens (including phenoxy) is 2. The first-order chi connectivity index (χ1) is 19.8. The molecule has 1 saturated carbocycles. The zero-order chi connectivity index (χ0) is 29.1. The fourth-order valence-electron chi connectivity index (χ4n) is 5.83. The minimum absolute atomic E-state index is 0.124. The first-order valence-electron chi connectivity index (χ1n) is 14.0. The van der Waals surface area contributed by atoms with Crippen molar-refractivity contribution in [3.8, 4) is 22.8 Å². The predicted octanol–water partition coefficient (Wildman–Crippen LogP) is 6.44. The van der Waals surface area contributed by atoms with Gasteiger partial charge in [-0.2, -0.15) is 0 Å². The number of carbonyl (C=O) groups excluding carboxylic acids is 1. The molecule has 0 saturated heterocycles. The third kappa shape index (κ3) is 5.75. The molecule has 1 fully saturated rings. The van der Waals surface area contributed by atoms with Gasteiger partial charge in [-0.1, -0.05) is 50.3 Å². The number of para-hydroxylation sites is 1. The number of benzene rings is 2. The fraction of sp³-hybridized carbons (Fsp3) is 0.375. The Bertz CT molecular complexity index is 1590. The quantitative estimate of drug-likeness (QED) is 0.244. The lowest BCUT2D eigenvalue weighted by Crippen LogP contribution is -2.24. The number of amides is 1. The molecule has 5 rings (SSSR count). The number of anilines is 1. The number of rotatable bonds is 9. The zero-order valence-electron chi connectivity index (χ0n) is 23.9. The van der Waals surface area contributed by atoms with Crippen molar-refractivity contribution >= 4 is 28.7 Å². The number of aliphatic carboxylic acids is 1. The molecule has 4 aromatic rings. The maximum Gasteiger partial charge on any atom is 0.326 e. The van der Waals surface area contributed by atoms with E-state index in [2.05, 4.69) is 10.3 Å². The van der Waals surface area contributed by atoms with Gasteiger partial charge in [0.1, 0.15) is 23.2 Å². The number of fused-ring (bicyclic) bond motifs is 1. The smallest absolute Gasteiger partial charge is 0.326 e. The molecule has 1 unspecified atom stereocenters. The van der Waals surface area contributed by atoms with Gasteiger partial charge in [-0.3, -0.25) is 10.1 Å². The summed E-state index contributed by atoms with van der Waals surface area (Å²) in [4.78, 5) is 34.9. The Kier molecular flexibility index (Phi) is 8.23. The lowest BCUT2D eigenvalue weighted by molar-refractivity contribution is -0.140. The van der Waals surface area contributed by atoms with E-state index in [1.807, 2.05) is 37.3 Å². The third-order valence-corrected chi connectivity index (χ3v) is 8.02. The molecule has 1 aliphatic carbocycles. The van der Waals surface area contributed by atoms with Gasteiger partial charge in [-0.05, 0) is 61.6 Å². The first-order valence-corrected chi connectivity index (χ1v) is 14.0. The summed E-state index contributed by atoms with van der Waals surface area (Å²) in [5.74, 6) is 0.498. The van der Waals surface area contributed by atoms with Crippen LogP contribution in [0.25, 0.3) is 22.2 Å². The van der Waals surface area contributed by atoms with E-state index in [0.29, 0.717) is 28.6 Å². The van der Waals surface area contributed by atoms with Crippen molar-refractivity contribution in [2.45, 2.75) is 58.4 Å². The van der Waals surface area contributed by atoms with Gasteiger partial charge < -0.3 is 19.1 Å². The summed E-state index contributed by atoms with van der Waals surface area (Å²) in [6.45, 7) is 3.51. The van der Waals surface area contributed by atoms with Crippen LogP contribution in [0.5, 0.6) is 11.5 Å². The van der Waals surface area contributed by atoms with Crippen LogP contribution in [-0.4, -0.2) is 45.7 Å². The number of aromatic nitrogens is 3. The van der Waals surface area contributed by atoms with Gasteiger partial charge in [0.2, 0.25) is 5.95 Å². The van der Waals surface area contributed by atoms with E-state index in [0.717, 1.165) is 28.5 Å². The van der Waals surface area contributed by atoms with Gasteiger partial charge in [-0.25, -0.2) is 14.8 Å². The van der Waals surface area contributed by atoms with E-state index in [1.165, 1.54) is 36.7 Å². The van der Waals surface area contributed by atoms with Crippen molar-refractivity contribution in [3.63, 3.8) is 0 Å². The van der Waals surface area contributed by atoms with Crippen LogP contribution in [0.1, 0.15) is 66.7 Å². The van der Waals surface area contributed by atoms with Crippen molar-refractivity contribution in [1.29, 1.82) is 0 Å². The molecule has 2 aromatic heterocycles. The highest BCUT2D eigenvalue weighted by Gasteiger charge is 2.25. The van der Waals surface area contributed by atoms with Crippen molar-refractivity contribution in [2.24, 2.45) is 5.92 Å². The lowest BCUT2D eigenvalue weighted by atomic mass is 9.84. The average molecular weight is 557 g/mol. The van der Waals surface area contributed by atoms with Gasteiger partial charge in [-0.15, -0.1) is 0 Å². The molecule has 9 nitrogen and oxygen atoms in total. The van der Waals surface area contributed by atoms with E-state index >= 15 is 0 Å². The predicted molar refractivity (Wildman–Crippen MR) is 158 cm³/mol. The summed E-state index contributed by atoms with van der Waals surface area (Å²) in [7, 11) is 3.25. The minimum Gasteiger partial charge on any atom is -0.496 e. The Hall–Kier alpha value is -4.40. The molecule has 0 spiro atoms. The Morgan fingerprint density at radius 3 is 2.51 bits per heavy atom. The highest BCUT2D eigenvalue weighted by molar-refractivity contribution is 6.06. The summed E-state index contributed by atoms with van der Waals surface area (Å²) in [6.07, 6.45) is 8.65. The van der Waals surface area contributed by atoms with Gasteiger partial charge in [0, 0.05) is 22.7 Å². The molecule has 2 N–H and O–H groups in total. The van der Waals surface area contributed by atoms with Crippen LogP contribution in [0.4, 0.5) is 5.95 Å². The molecular weight excluding hydrogens is 520 g/mol. The van der Waals surface area contributed by atoms with Crippen molar-refractivity contribution in [3.05, 3.63) is 65.5 Å². The molecular formula is C32H36N4O5. The van der Waals surface area contributed by atoms with E-state index in [-0.39, 0.29) is 11.6 Å². The standard InChI is InChI=1S/C32H36N4O5/c1-19-14-28(41-4)24(17-27(19)40-3)29-23(15-21-10-6-5-7-11-21)18-33-32(34-29)35-30(37)26-16-22-12-8-9-13-25(22)36(26)20(2)31(38)39/h8-9,12-14,16-18,20-21H,5-7,10-11,15H2,1-4H3,(H,38,39)(H,33,34,35,37). The van der Waals surface area contributed by atoms with E-state index in [1.54, 1.807) is 39.5 Å². The van der Waals surface area contributed by atoms with Crippen LogP contribution in [-0.2, 0) is 11.2 Å². The van der Waals surface area contributed by atoms with Crippen LogP contribution in [0.15, 0.2) is 48.7 Å². The van der Waals surface area contributed by atoms with Crippen molar-refractivity contribution in [1.82, 2.24) is 14.5 Å². The lowest BCUT2D eigenvalue weighted by Gasteiger charge is -2.23. The van der Waals surface area contributed by atoms with Crippen LogP contribution in [0, 0.1) is 12.8 Å². The van der Waals surface area contributed by atoms with Crippen LogP contribution < -0.4 is 14.8 Å². The summed E-state index contributed by atoms with van der Waals surface area (Å²) in [6, 6.07) is 11.9. The van der Waals surface area contributed by atoms with Crippen LogP contribution in [0.2, 0.25) is 0 Å². The SMILES string of the molecule is COc1cc(-c2nc(NC(=O)c3cc4ccccc4n3C(C)C(=O)O)ncc2CC2CCCCC2)c(OC)cc1C. The molecule has 0 radical (unpaired) electrons. The summed E-state index contributed by atoms with van der Waals surface area (Å²) in [5.41, 5.74) is 4.22. The molecule has 214 valence electrons. The summed E-state index contributed by atoms with van der Waals surface area (Å²) in [5, 5.41) is 13.3. The van der Waals surface area contributed by atoms with E-state index in [4.69, 9.17) is 14.5 Å². The average Bonchev–Trinajstić information content (AvgIpc) is 3.37. The fourth-order valence-corrected chi connectivity index (χ4v) is 5.83. The topological polar surface area (TPSA) is 116 Å². The molecule has 1 aliphatic rings. The number of carbonyl (C=O) groups is 2. The molecule has 1 amide bonds. The Morgan fingerprint density at radius 2 is 1.80 bits per heavy atom. The Labute approximate surface area is 239 Å². The summed E-state index contributed by atoms with van der Waals surface area (Å²) < 4.78 is 12.9. The van der Waals surface area contributed by atoms with E-state index in [9.17, 15) is 14.7 Å². The zero-order valence-corrected chi connectivity index (χ0v) is 23.9. The van der Waals surface area contributed by atoms with Gasteiger partial charge >= 0.3 is 5.97 Å². The molecule has 41 heavy (non-hydrogen) atoms. The van der Waals surface area contributed by atoms with Crippen molar-refractivity contribution in [2.75, 3.05) is 19.5 Å². The summed E-state index contributed by atoms with van der Waals surface area (Å²) >= 11 is 0. The number of methoxy groups -OCH3 is 2. The highest BCUT2D eigenvalue weighted by Crippen LogP contribution is 2.38.